The number of anilines is 1. The van der Waals surface area contributed by atoms with E-state index < -0.39 is 0 Å². The number of methoxy groups -OCH3 is 1. The van der Waals surface area contributed by atoms with Crippen molar-refractivity contribution >= 4 is 5.88 Å². The molecule has 0 unspecified atom stereocenters. The molecule has 0 radical (unpaired) electrons. The molecule has 0 saturated heterocycles. The molecule has 3 rings (SSSR count). The Balaban J connectivity index is 2.17. The predicted octanol–water partition coefficient (Wildman–Crippen LogP) is 3.75. The minimum Gasteiger partial charge on any atom is -0.497 e. The molecule has 0 atom stereocenters. The van der Waals surface area contributed by atoms with Crippen LogP contribution in [0.5, 0.6) is 5.75 Å². The van der Waals surface area contributed by atoms with Crippen LogP contribution in [0.3, 0.4) is 0 Å². The van der Waals surface area contributed by atoms with Crippen LogP contribution in [0.25, 0.3) is 22.4 Å². The molecule has 2 aromatic heterocycles. The summed E-state index contributed by atoms with van der Waals surface area (Å²) in [6, 6.07) is 9.50. The number of hydrogen-bond donors (Lipinski definition) is 1. The molecule has 0 spiro atoms. The number of nitrogens with zero attached hydrogens (tertiary/aromatic N) is 1. The number of nitrogen functional groups attached to an aromatic ring is 1. The second-order valence-electron chi connectivity index (χ2n) is 4.61. The zero-order valence-electron chi connectivity index (χ0n) is 11.9. The van der Waals surface area contributed by atoms with Gasteiger partial charge in [-0.3, -0.25) is 0 Å². The van der Waals surface area contributed by atoms with Crippen molar-refractivity contribution in [2.45, 2.75) is 13.3 Å². The Labute approximate surface area is 122 Å². The highest BCUT2D eigenvalue weighted by Crippen LogP contribution is 2.38. The summed E-state index contributed by atoms with van der Waals surface area (Å²) in [4.78, 5) is 0. The number of furan rings is 1. The molecule has 5 nitrogen and oxygen atoms in total. The van der Waals surface area contributed by atoms with E-state index in [-0.39, 0.29) is 5.88 Å². The molecule has 0 aliphatic rings. The summed E-state index contributed by atoms with van der Waals surface area (Å²) in [7, 11) is 1.63. The number of hydrogen-bond acceptors (Lipinski definition) is 5. The van der Waals surface area contributed by atoms with Crippen LogP contribution in [0.2, 0.25) is 0 Å². The molecule has 0 fully saturated rings. The van der Waals surface area contributed by atoms with E-state index in [0.717, 1.165) is 34.6 Å². The van der Waals surface area contributed by atoms with Gasteiger partial charge in [0.25, 0.3) is 0 Å². The molecule has 2 heterocycles. The highest BCUT2D eigenvalue weighted by atomic mass is 16.5. The van der Waals surface area contributed by atoms with Crippen molar-refractivity contribution < 1.29 is 13.7 Å². The number of ether oxygens (including phenoxy) is 1. The van der Waals surface area contributed by atoms with Crippen LogP contribution >= 0.6 is 0 Å². The van der Waals surface area contributed by atoms with Gasteiger partial charge in [-0.1, -0.05) is 24.2 Å². The third kappa shape index (κ3) is 2.27. The van der Waals surface area contributed by atoms with Crippen molar-refractivity contribution in [3.63, 3.8) is 0 Å². The van der Waals surface area contributed by atoms with Gasteiger partial charge in [-0.05, 0) is 23.8 Å². The molecule has 21 heavy (non-hydrogen) atoms. The Bertz CT molecular complexity index is 758. The molecule has 2 N–H and O–H groups in total. The van der Waals surface area contributed by atoms with Gasteiger partial charge in [0.2, 0.25) is 5.88 Å². The van der Waals surface area contributed by atoms with Crippen LogP contribution in [-0.4, -0.2) is 12.3 Å². The highest BCUT2D eigenvalue weighted by Gasteiger charge is 2.21. The summed E-state index contributed by atoms with van der Waals surface area (Å²) in [6.07, 6.45) is 2.42. The van der Waals surface area contributed by atoms with E-state index in [2.05, 4.69) is 5.16 Å². The average Bonchev–Trinajstić information content (AvgIpc) is 3.13. The number of rotatable bonds is 4. The molecule has 1 aromatic carbocycles. The fraction of sp³-hybridized carbons (Fsp3) is 0.188. The van der Waals surface area contributed by atoms with Crippen molar-refractivity contribution in [3.05, 3.63) is 42.4 Å². The molecule has 0 amide bonds. The van der Waals surface area contributed by atoms with Crippen LogP contribution in [0.4, 0.5) is 5.88 Å². The predicted molar refractivity (Wildman–Crippen MR) is 80.0 cm³/mol. The minimum absolute atomic E-state index is 0.279. The fourth-order valence-corrected chi connectivity index (χ4v) is 2.37. The second kappa shape index (κ2) is 5.36. The topological polar surface area (TPSA) is 74.4 Å². The van der Waals surface area contributed by atoms with Gasteiger partial charge in [0.05, 0.1) is 18.9 Å². The summed E-state index contributed by atoms with van der Waals surface area (Å²) >= 11 is 0. The van der Waals surface area contributed by atoms with E-state index in [9.17, 15) is 0 Å². The van der Waals surface area contributed by atoms with E-state index in [0.29, 0.717) is 5.69 Å². The molecule has 108 valence electrons. The normalized spacial score (nSPS) is 10.8. The first-order valence-electron chi connectivity index (χ1n) is 6.71. The van der Waals surface area contributed by atoms with E-state index in [4.69, 9.17) is 19.4 Å². The monoisotopic (exact) mass is 284 g/mol. The van der Waals surface area contributed by atoms with Gasteiger partial charge < -0.3 is 19.4 Å². The lowest BCUT2D eigenvalue weighted by molar-refractivity contribution is 0.415. The Kier molecular flexibility index (Phi) is 3.39. The van der Waals surface area contributed by atoms with E-state index in [1.807, 2.05) is 37.3 Å². The van der Waals surface area contributed by atoms with Crippen LogP contribution < -0.4 is 10.5 Å². The Morgan fingerprint density at radius 2 is 2.14 bits per heavy atom. The maximum Gasteiger partial charge on any atom is 0.230 e. The Hall–Kier alpha value is -2.69. The van der Waals surface area contributed by atoms with Crippen LogP contribution in [-0.2, 0) is 6.42 Å². The molecule has 3 aromatic rings. The van der Waals surface area contributed by atoms with Gasteiger partial charge in [0.1, 0.15) is 17.2 Å². The maximum atomic E-state index is 5.96. The second-order valence-corrected chi connectivity index (χ2v) is 4.61. The lowest BCUT2D eigenvalue weighted by Gasteiger charge is -2.05. The van der Waals surface area contributed by atoms with E-state index in [1.165, 1.54) is 0 Å². The van der Waals surface area contributed by atoms with Crippen LogP contribution in [0.15, 0.2) is 45.5 Å². The van der Waals surface area contributed by atoms with Crippen molar-refractivity contribution in [1.29, 1.82) is 0 Å². The SMILES string of the molecule is CCc1occc1-c1noc(N)c1-c1cccc(OC)c1. The number of aromatic nitrogens is 1. The number of nitrogens with two attached hydrogens (primary N) is 1. The van der Waals surface area contributed by atoms with Gasteiger partial charge in [0, 0.05) is 12.0 Å². The largest absolute Gasteiger partial charge is 0.497 e. The Morgan fingerprint density at radius 3 is 2.90 bits per heavy atom. The van der Waals surface area contributed by atoms with Crippen molar-refractivity contribution in [2.75, 3.05) is 12.8 Å². The quantitative estimate of drug-likeness (QED) is 0.789. The molecule has 0 bridgehead atoms. The fourth-order valence-electron chi connectivity index (χ4n) is 2.37. The summed E-state index contributed by atoms with van der Waals surface area (Å²) in [5, 5.41) is 4.10. The van der Waals surface area contributed by atoms with E-state index in [1.54, 1.807) is 13.4 Å². The average molecular weight is 284 g/mol. The molecular weight excluding hydrogens is 268 g/mol. The van der Waals surface area contributed by atoms with Gasteiger partial charge in [-0.15, -0.1) is 0 Å². The zero-order chi connectivity index (χ0) is 14.8. The van der Waals surface area contributed by atoms with Crippen molar-refractivity contribution in [2.24, 2.45) is 0 Å². The first-order chi connectivity index (χ1) is 10.2. The maximum absolute atomic E-state index is 5.96. The summed E-state index contributed by atoms with van der Waals surface area (Å²) in [6.45, 7) is 2.02. The third-order valence-corrected chi connectivity index (χ3v) is 3.40. The lowest BCUT2D eigenvalue weighted by Crippen LogP contribution is -1.90. The summed E-state index contributed by atoms with van der Waals surface area (Å²) < 4.78 is 15.9. The molecule has 0 aliphatic heterocycles. The molecule has 0 saturated carbocycles. The molecular formula is C16H16N2O3. The first-order valence-corrected chi connectivity index (χ1v) is 6.71. The smallest absolute Gasteiger partial charge is 0.230 e. The van der Waals surface area contributed by atoms with Gasteiger partial charge in [-0.25, -0.2) is 0 Å². The summed E-state index contributed by atoms with van der Waals surface area (Å²) in [5.74, 6) is 1.89. The highest BCUT2D eigenvalue weighted by molar-refractivity contribution is 5.87. The number of benzene rings is 1. The first kappa shape index (κ1) is 13.3. The van der Waals surface area contributed by atoms with E-state index >= 15 is 0 Å². The summed E-state index contributed by atoms with van der Waals surface area (Å²) in [5.41, 5.74) is 9.20. The lowest BCUT2D eigenvalue weighted by atomic mass is 10.0. The van der Waals surface area contributed by atoms with Crippen LogP contribution in [0, 0.1) is 0 Å². The van der Waals surface area contributed by atoms with Crippen LogP contribution in [0.1, 0.15) is 12.7 Å². The van der Waals surface area contributed by atoms with Crippen molar-refractivity contribution in [1.82, 2.24) is 5.16 Å². The van der Waals surface area contributed by atoms with Gasteiger partial charge >= 0.3 is 0 Å². The standard InChI is InChI=1S/C16H16N2O3/c1-3-13-12(7-8-20-13)15-14(16(17)21-18-15)10-5-4-6-11(9-10)19-2/h4-9H,3,17H2,1-2H3. The minimum atomic E-state index is 0.279. The van der Waals surface area contributed by atoms with Gasteiger partial charge in [0.15, 0.2) is 0 Å². The van der Waals surface area contributed by atoms with Crippen molar-refractivity contribution in [3.8, 4) is 28.1 Å². The number of aryl methyl sites for hydroxylation is 1. The molecule has 5 heteroatoms. The third-order valence-electron chi connectivity index (χ3n) is 3.40. The van der Waals surface area contributed by atoms with Gasteiger partial charge in [-0.2, -0.15) is 0 Å². The zero-order valence-corrected chi connectivity index (χ0v) is 11.9. The molecule has 0 aliphatic carbocycles. The Morgan fingerprint density at radius 1 is 1.29 bits per heavy atom.